The number of carboxylic acids is 2. The number of carbonyl (C=O) groups is 2. The Kier molecular flexibility index (Phi) is 14.3. The molecule has 2 atom stereocenters. The average Bonchev–Trinajstić information content (AvgIpc) is 3.13. The molecule has 0 heterocycles. The number of ether oxygens (including phenoxy) is 6. The highest BCUT2D eigenvalue weighted by Crippen LogP contribution is 2.55. The van der Waals surface area contributed by atoms with Crippen LogP contribution in [0.25, 0.3) is 32.7 Å². The Bertz CT molecular complexity index is 2110. The number of hydrogen-bond donors (Lipinski definition) is 2. The molecule has 0 aliphatic heterocycles. The number of aromatic carboxylic acids is 2. The number of benzene rings is 4. The van der Waals surface area contributed by atoms with Crippen molar-refractivity contribution in [1.29, 1.82) is 0 Å². The molecule has 60 heavy (non-hydrogen) atoms. The van der Waals surface area contributed by atoms with Gasteiger partial charge in [0.25, 0.3) is 0 Å². The lowest BCUT2D eigenvalue weighted by Gasteiger charge is -2.38. The zero-order valence-electron chi connectivity index (χ0n) is 38.9. The van der Waals surface area contributed by atoms with E-state index in [9.17, 15) is 19.8 Å². The van der Waals surface area contributed by atoms with Crippen LogP contribution in [0.15, 0.2) is 24.3 Å². The van der Waals surface area contributed by atoms with Gasteiger partial charge in [-0.1, -0.05) is 41.5 Å². The highest BCUT2D eigenvalue weighted by molar-refractivity contribution is 6.74. The van der Waals surface area contributed by atoms with Gasteiger partial charge in [-0.05, 0) is 96.3 Å². The molecule has 12 nitrogen and oxygen atoms in total. The SMILES string of the molecule is COc1cc2c(OC)c(C(=O)O)c(OC)c(-c3c(OC)c(C(=O)O)c(OC)c4cc(OC)c(C[C@@H](C)O[Si](C)(C)C(C)(C)C)cc34)c2cc1C[C@@H](C)O[Si](C)(C)C(C)(C)C. The van der Waals surface area contributed by atoms with Gasteiger partial charge in [-0.15, -0.1) is 0 Å². The Balaban J connectivity index is 2.28. The molecule has 4 aromatic carbocycles. The Morgan fingerprint density at radius 2 is 0.817 bits per heavy atom. The minimum atomic E-state index is -2.18. The van der Waals surface area contributed by atoms with E-state index in [1.807, 2.05) is 26.0 Å². The Hall–Kier alpha value is -4.51. The van der Waals surface area contributed by atoms with Crippen molar-refractivity contribution in [1.82, 2.24) is 0 Å². The minimum Gasteiger partial charge on any atom is -0.496 e. The van der Waals surface area contributed by atoms with Crippen molar-refractivity contribution in [2.45, 2.75) is 117 Å². The van der Waals surface area contributed by atoms with Gasteiger partial charge in [0.05, 0.1) is 42.7 Å². The predicted octanol–water partition coefficient (Wildman–Crippen LogP) is 11.0. The third kappa shape index (κ3) is 9.07. The van der Waals surface area contributed by atoms with E-state index in [1.54, 1.807) is 26.4 Å². The number of fused-ring (bicyclic) bond motifs is 2. The van der Waals surface area contributed by atoms with E-state index in [1.165, 1.54) is 28.4 Å². The van der Waals surface area contributed by atoms with Crippen LogP contribution in [0.2, 0.25) is 36.3 Å². The van der Waals surface area contributed by atoms with Crippen molar-refractivity contribution >= 4 is 50.1 Å². The molecule has 0 spiro atoms. The molecule has 2 N–H and O–H groups in total. The zero-order chi connectivity index (χ0) is 45.4. The predicted molar refractivity (Wildman–Crippen MR) is 243 cm³/mol. The smallest absolute Gasteiger partial charge is 0.343 e. The van der Waals surface area contributed by atoms with Gasteiger partial charge in [0, 0.05) is 46.9 Å². The van der Waals surface area contributed by atoms with Crippen LogP contribution < -0.4 is 28.4 Å². The molecular formula is C46H66O12Si2. The van der Waals surface area contributed by atoms with Crippen LogP contribution in [0.3, 0.4) is 0 Å². The summed E-state index contributed by atoms with van der Waals surface area (Å²) < 4.78 is 49.4. The van der Waals surface area contributed by atoms with E-state index in [0.717, 1.165) is 11.1 Å². The summed E-state index contributed by atoms with van der Waals surface area (Å²) in [6, 6.07) is 7.34. The number of hydrogen-bond acceptors (Lipinski definition) is 10. The summed E-state index contributed by atoms with van der Waals surface area (Å²) in [5.41, 5.74) is 1.58. The van der Waals surface area contributed by atoms with E-state index in [-0.39, 0.29) is 67.5 Å². The first kappa shape index (κ1) is 48.2. The molecule has 0 aromatic heterocycles. The third-order valence-electron chi connectivity index (χ3n) is 12.3. The van der Waals surface area contributed by atoms with E-state index in [0.29, 0.717) is 45.9 Å². The summed E-state index contributed by atoms with van der Waals surface area (Å²) in [4.78, 5) is 26.7. The van der Waals surface area contributed by atoms with Gasteiger partial charge in [-0.25, -0.2) is 9.59 Å². The quantitative estimate of drug-likeness (QED) is 0.0973. The third-order valence-corrected chi connectivity index (χ3v) is 21.6. The first-order chi connectivity index (χ1) is 27.7. The average molecular weight is 867 g/mol. The van der Waals surface area contributed by atoms with Gasteiger partial charge in [0.2, 0.25) is 0 Å². The molecule has 0 unspecified atom stereocenters. The van der Waals surface area contributed by atoms with Crippen molar-refractivity contribution in [2.75, 3.05) is 42.7 Å². The molecule has 0 amide bonds. The van der Waals surface area contributed by atoms with Crippen LogP contribution in [0.1, 0.15) is 87.2 Å². The van der Waals surface area contributed by atoms with Crippen LogP contribution in [0.4, 0.5) is 0 Å². The van der Waals surface area contributed by atoms with Gasteiger partial charge in [-0.3, -0.25) is 0 Å². The van der Waals surface area contributed by atoms with Gasteiger partial charge in [0.15, 0.2) is 16.6 Å². The molecule has 0 radical (unpaired) electrons. The van der Waals surface area contributed by atoms with Crippen LogP contribution in [-0.4, -0.2) is 93.7 Å². The topological polar surface area (TPSA) is 148 Å². The lowest BCUT2D eigenvalue weighted by Crippen LogP contribution is -2.43. The summed E-state index contributed by atoms with van der Waals surface area (Å²) in [5, 5.41) is 23.5. The largest absolute Gasteiger partial charge is 0.496 e. The summed E-state index contributed by atoms with van der Waals surface area (Å²) in [6.45, 7) is 26.0. The van der Waals surface area contributed by atoms with Crippen LogP contribution in [0.5, 0.6) is 34.5 Å². The van der Waals surface area contributed by atoms with Gasteiger partial charge in [0.1, 0.15) is 45.6 Å². The standard InChI is InChI=1S/C46H66O12Si2/c1-25(57-59(15,16)45(3,4)5)19-27-21-29-31(23-33(27)51-9)39(53-11)37(43(47)48)41(55-13)35(29)36-30-22-28(20-26(2)58-60(17,18)46(6,7)8)34(52-10)24-32(30)40(54-12)38(44(49)50)42(36)56-14/h21-26H,19-20H2,1-18H3,(H,47,48)(H,49,50)/t25-,26-/m1/s1. The second kappa shape index (κ2) is 17.8. The zero-order valence-corrected chi connectivity index (χ0v) is 40.9. The summed E-state index contributed by atoms with van der Waals surface area (Å²) in [7, 11) is 4.30. The lowest BCUT2D eigenvalue weighted by molar-refractivity contribution is 0.0678. The molecule has 330 valence electrons. The summed E-state index contributed by atoms with van der Waals surface area (Å²) >= 11 is 0. The number of methoxy groups -OCH3 is 6. The van der Waals surface area contributed by atoms with Gasteiger partial charge >= 0.3 is 11.9 Å². The molecule has 0 aliphatic rings. The number of carboxylic acid groups (broad SMARTS) is 2. The normalized spacial score (nSPS) is 13.6. The summed E-state index contributed by atoms with van der Waals surface area (Å²) in [6.07, 6.45) is 0.460. The number of rotatable bonds is 17. The second-order valence-corrected chi connectivity index (χ2v) is 28.0. The minimum absolute atomic E-state index is 0.0279. The monoisotopic (exact) mass is 866 g/mol. The Labute approximate surface area is 357 Å². The maximum Gasteiger partial charge on any atom is 0.343 e. The molecular weight excluding hydrogens is 801 g/mol. The molecule has 4 rings (SSSR count). The molecule has 0 saturated heterocycles. The second-order valence-electron chi connectivity index (χ2n) is 18.4. The first-order valence-corrected chi connectivity index (χ1v) is 26.0. The molecule has 0 saturated carbocycles. The molecule has 0 fully saturated rings. The van der Waals surface area contributed by atoms with Gasteiger partial charge < -0.3 is 47.5 Å². The molecule has 4 aromatic rings. The van der Waals surface area contributed by atoms with Crippen molar-refractivity contribution in [3.05, 3.63) is 46.5 Å². The van der Waals surface area contributed by atoms with Crippen molar-refractivity contribution in [3.8, 4) is 45.6 Å². The molecule has 0 aliphatic carbocycles. The van der Waals surface area contributed by atoms with Gasteiger partial charge in [-0.2, -0.15) is 0 Å². The van der Waals surface area contributed by atoms with Crippen LogP contribution >= 0.6 is 0 Å². The highest BCUT2D eigenvalue weighted by atomic mass is 28.4. The van der Waals surface area contributed by atoms with E-state index in [4.69, 9.17) is 37.3 Å². The van der Waals surface area contributed by atoms with Crippen LogP contribution in [0, 0.1) is 0 Å². The first-order valence-electron chi connectivity index (χ1n) is 20.1. The fourth-order valence-electron chi connectivity index (χ4n) is 7.49. The van der Waals surface area contributed by atoms with E-state index in [2.05, 4.69) is 67.7 Å². The summed E-state index contributed by atoms with van der Waals surface area (Å²) in [5.74, 6) is -1.66. The lowest BCUT2D eigenvalue weighted by atomic mass is 9.85. The molecule has 14 heteroatoms. The Morgan fingerprint density at radius 1 is 0.517 bits per heavy atom. The van der Waals surface area contributed by atoms with Crippen molar-refractivity contribution in [2.24, 2.45) is 0 Å². The maximum absolute atomic E-state index is 13.3. The fraction of sp³-hybridized carbons (Fsp3) is 0.522. The molecule has 0 bridgehead atoms. The van der Waals surface area contributed by atoms with Crippen molar-refractivity contribution < 1.29 is 57.1 Å². The fourth-order valence-corrected chi connectivity index (χ4v) is 10.4. The highest BCUT2D eigenvalue weighted by Gasteiger charge is 2.40. The van der Waals surface area contributed by atoms with E-state index < -0.39 is 28.6 Å². The van der Waals surface area contributed by atoms with Crippen molar-refractivity contribution in [3.63, 3.8) is 0 Å². The Morgan fingerprint density at radius 3 is 1.05 bits per heavy atom. The van der Waals surface area contributed by atoms with Crippen LogP contribution in [-0.2, 0) is 21.7 Å². The van der Waals surface area contributed by atoms with E-state index >= 15 is 0 Å². The maximum atomic E-state index is 13.3.